The van der Waals surface area contributed by atoms with E-state index < -0.39 is 0 Å². The van der Waals surface area contributed by atoms with Crippen molar-refractivity contribution < 1.29 is 9.53 Å². The topological polar surface area (TPSA) is 36.0 Å². The molecular formula is C15H23N3O2S. The zero-order valence-electron chi connectivity index (χ0n) is 12.5. The fourth-order valence-electron chi connectivity index (χ4n) is 2.95. The van der Waals surface area contributed by atoms with E-state index in [9.17, 15) is 4.79 Å². The van der Waals surface area contributed by atoms with Gasteiger partial charge in [-0.3, -0.25) is 14.6 Å². The van der Waals surface area contributed by atoms with Gasteiger partial charge >= 0.3 is 0 Å². The molecule has 0 aliphatic carbocycles. The molecule has 0 saturated carbocycles. The lowest BCUT2D eigenvalue weighted by atomic mass is 10.2. The molecule has 1 aromatic rings. The molecule has 3 heterocycles. The highest BCUT2D eigenvalue weighted by atomic mass is 32.1. The van der Waals surface area contributed by atoms with Crippen molar-refractivity contribution in [3.8, 4) is 0 Å². The first-order chi connectivity index (χ1) is 10.2. The Morgan fingerprint density at radius 3 is 2.86 bits per heavy atom. The molecule has 1 atom stereocenters. The van der Waals surface area contributed by atoms with Crippen LogP contribution in [0.3, 0.4) is 0 Å². The summed E-state index contributed by atoms with van der Waals surface area (Å²) in [5.74, 6) is 0.221. The van der Waals surface area contributed by atoms with Crippen LogP contribution < -0.4 is 4.90 Å². The Kier molecular flexibility index (Phi) is 4.90. The Balaban J connectivity index is 1.45. The molecule has 116 valence electrons. The van der Waals surface area contributed by atoms with Crippen LogP contribution in [0.5, 0.6) is 0 Å². The third kappa shape index (κ3) is 3.83. The van der Waals surface area contributed by atoms with E-state index in [0.29, 0.717) is 12.6 Å². The van der Waals surface area contributed by atoms with Crippen molar-refractivity contribution >= 4 is 22.2 Å². The van der Waals surface area contributed by atoms with Gasteiger partial charge in [-0.1, -0.05) is 0 Å². The van der Waals surface area contributed by atoms with Crippen LogP contribution in [-0.2, 0) is 9.53 Å². The summed E-state index contributed by atoms with van der Waals surface area (Å²) in [6.07, 6.45) is 0.330. The molecule has 21 heavy (non-hydrogen) atoms. The predicted octanol–water partition coefficient (Wildman–Crippen LogP) is 1.12. The van der Waals surface area contributed by atoms with E-state index in [0.717, 1.165) is 50.9 Å². The lowest BCUT2D eigenvalue weighted by Crippen LogP contribution is -2.52. The maximum Gasteiger partial charge on any atom is 0.241 e. The smallest absolute Gasteiger partial charge is 0.241 e. The molecule has 3 rings (SSSR count). The number of ether oxygens (including phenoxy) is 1. The van der Waals surface area contributed by atoms with Crippen molar-refractivity contribution in [3.05, 3.63) is 17.5 Å². The number of amides is 1. The van der Waals surface area contributed by atoms with E-state index in [1.807, 2.05) is 22.4 Å². The molecule has 0 bridgehead atoms. The number of thiophene rings is 1. The molecule has 1 amide bonds. The van der Waals surface area contributed by atoms with Crippen LogP contribution in [0.1, 0.15) is 6.92 Å². The fraction of sp³-hybridized carbons (Fsp3) is 0.667. The van der Waals surface area contributed by atoms with Gasteiger partial charge in [0.2, 0.25) is 5.91 Å². The number of carbonyl (C=O) groups excluding carboxylic acids is 1. The van der Waals surface area contributed by atoms with Crippen molar-refractivity contribution in [2.75, 3.05) is 57.3 Å². The van der Waals surface area contributed by atoms with Crippen molar-refractivity contribution in [3.63, 3.8) is 0 Å². The molecule has 0 aromatic carbocycles. The molecule has 0 N–H and O–H groups in total. The first-order valence-corrected chi connectivity index (χ1v) is 8.50. The van der Waals surface area contributed by atoms with Crippen LogP contribution in [-0.4, -0.2) is 74.2 Å². The quantitative estimate of drug-likeness (QED) is 0.835. The van der Waals surface area contributed by atoms with Crippen molar-refractivity contribution in [1.29, 1.82) is 0 Å². The summed E-state index contributed by atoms with van der Waals surface area (Å²) in [5.41, 5.74) is 0. The van der Waals surface area contributed by atoms with Gasteiger partial charge in [0, 0.05) is 39.3 Å². The van der Waals surface area contributed by atoms with Gasteiger partial charge < -0.3 is 9.64 Å². The Hall–Kier alpha value is -0.950. The lowest BCUT2D eigenvalue weighted by Gasteiger charge is -2.36. The summed E-state index contributed by atoms with van der Waals surface area (Å²) >= 11 is 1.64. The average molecular weight is 309 g/mol. The number of nitrogens with zero attached hydrogens (tertiary/aromatic N) is 3. The first-order valence-electron chi connectivity index (χ1n) is 7.62. The summed E-state index contributed by atoms with van der Waals surface area (Å²) in [7, 11) is 0. The van der Waals surface area contributed by atoms with E-state index in [2.05, 4.69) is 16.7 Å². The van der Waals surface area contributed by atoms with Crippen molar-refractivity contribution in [2.45, 2.75) is 13.0 Å². The average Bonchev–Trinajstić information content (AvgIpc) is 2.99. The van der Waals surface area contributed by atoms with Crippen LogP contribution in [0, 0.1) is 0 Å². The standard InChI is InChI=1S/C15H23N3O2S/c1-13-11-17(8-9-20-13)5-4-16-6-7-18(14(19)12-16)15-3-2-10-21-15/h2-3,10,13H,4-9,11-12H2,1H3. The van der Waals surface area contributed by atoms with E-state index >= 15 is 0 Å². The third-order valence-corrected chi connectivity index (χ3v) is 5.02. The first kappa shape index (κ1) is 15.0. The van der Waals surface area contributed by atoms with E-state index in [4.69, 9.17) is 4.74 Å². The highest BCUT2D eigenvalue weighted by Crippen LogP contribution is 2.23. The zero-order valence-corrected chi connectivity index (χ0v) is 13.3. The second kappa shape index (κ2) is 6.87. The van der Waals surface area contributed by atoms with Crippen LogP contribution in [0.15, 0.2) is 17.5 Å². The number of anilines is 1. The lowest BCUT2D eigenvalue weighted by molar-refractivity contribution is -0.121. The summed E-state index contributed by atoms with van der Waals surface area (Å²) in [4.78, 5) is 18.9. The number of hydrogen-bond donors (Lipinski definition) is 0. The van der Waals surface area contributed by atoms with Gasteiger partial charge in [-0.25, -0.2) is 0 Å². The third-order valence-electron chi connectivity index (χ3n) is 4.13. The van der Waals surface area contributed by atoms with Gasteiger partial charge in [-0.2, -0.15) is 0 Å². The van der Waals surface area contributed by atoms with E-state index in [1.165, 1.54) is 0 Å². The Bertz CT molecular complexity index is 465. The Labute approximate surface area is 130 Å². The second-order valence-electron chi connectivity index (χ2n) is 5.75. The molecule has 0 radical (unpaired) electrons. The minimum absolute atomic E-state index is 0.221. The molecule has 6 heteroatoms. The Morgan fingerprint density at radius 2 is 2.14 bits per heavy atom. The SMILES string of the molecule is CC1CN(CCN2CCN(c3cccs3)C(=O)C2)CCO1. The molecule has 5 nitrogen and oxygen atoms in total. The largest absolute Gasteiger partial charge is 0.376 e. The molecule has 2 fully saturated rings. The summed E-state index contributed by atoms with van der Waals surface area (Å²) in [6.45, 7) is 9.26. The van der Waals surface area contributed by atoms with Crippen LogP contribution in [0.4, 0.5) is 5.00 Å². The summed E-state index contributed by atoms with van der Waals surface area (Å²) < 4.78 is 5.56. The maximum absolute atomic E-state index is 12.3. The number of morpholine rings is 1. The molecule has 2 saturated heterocycles. The minimum atomic E-state index is 0.221. The van der Waals surface area contributed by atoms with Gasteiger partial charge in [0.15, 0.2) is 0 Å². The molecule has 1 unspecified atom stereocenters. The molecular weight excluding hydrogens is 286 g/mol. The predicted molar refractivity (Wildman–Crippen MR) is 85.0 cm³/mol. The molecule has 2 aliphatic rings. The number of hydrogen-bond acceptors (Lipinski definition) is 5. The van der Waals surface area contributed by atoms with Crippen LogP contribution in [0.2, 0.25) is 0 Å². The van der Waals surface area contributed by atoms with Gasteiger partial charge in [0.25, 0.3) is 0 Å². The number of carbonyl (C=O) groups is 1. The van der Waals surface area contributed by atoms with Crippen molar-refractivity contribution in [2.24, 2.45) is 0 Å². The highest BCUT2D eigenvalue weighted by molar-refractivity contribution is 7.14. The number of rotatable bonds is 4. The Morgan fingerprint density at radius 1 is 1.29 bits per heavy atom. The van der Waals surface area contributed by atoms with E-state index in [1.54, 1.807) is 11.3 Å². The monoisotopic (exact) mass is 309 g/mol. The van der Waals surface area contributed by atoms with Gasteiger partial charge in [-0.15, -0.1) is 11.3 Å². The number of piperazine rings is 1. The van der Waals surface area contributed by atoms with Gasteiger partial charge in [0.05, 0.1) is 24.3 Å². The zero-order chi connectivity index (χ0) is 14.7. The minimum Gasteiger partial charge on any atom is -0.376 e. The maximum atomic E-state index is 12.3. The van der Waals surface area contributed by atoms with Crippen LogP contribution >= 0.6 is 11.3 Å². The van der Waals surface area contributed by atoms with E-state index in [-0.39, 0.29) is 5.91 Å². The summed E-state index contributed by atoms with van der Waals surface area (Å²) in [5, 5.41) is 3.09. The molecule has 2 aliphatic heterocycles. The van der Waals surface area contributed by atoms with Gasteiger partial charge in [0.1, 0.15) is 0 Å². The second-order valence-corrected chi connectivity index (χ2v) is 6.68. The highest BCUT2D eigenvalue weighted by Gasteiger charge is 2.26. The summed E-state index contributed by atoms with van der Waals surface area (Å²) in [6, 6.07) is 4.02. The molecule has 1 aromatic heterocycles. The molecule has 0 spiro atoms. The fourth-order valence-corrected chi connectivity index (χ4v) is 3.72. The van der Waals surface area contributed by atoms with Crippen LogP contribution in [0.25, 0.3) is 0 Å². The van der Waals surface area contributed by atoms with Gasteiger partial charge in [-0.05, 0) is 24.4 Å². The van der Waals surface area contributed by atoms with Crippen molar-refractivity contribution in [1.82, 2.24) is 9.80 Å². The normalized spacial score (nSPS) is 25.5.